The maximum Gasteiger partial charge on any atom is 0.203 e. The summed E-state index contributed by atoms with van der Waals surface area (Å²) >= 11 is 0. The minimum atomic E-state index is 0. The first-order valence-electron chi connectivity index (χ1n) is 6.92. The molecule has 0 amide bonds. The molecule has 0 bridgehead atoms. The van der Waals surface area contributed by atoms with Gasteiger partial charge in [0.2, 0.25) is 5.75 Å². The number of nitrogens with zero attached hydrogens (tertiary/aromatic N) is 1. The molecular formula is C15H25ClN2O3. The van der Waals surface area contributed by atoms with E-state index in [1.807, 2.05) is 12.1 Å². The van der Waals surface area contributed by atoms with Crippen molar-refractivity contribution in [3.63, 3.8) is 0 Å². The predicted molar refractivity (Wildman–Crippen MR) is 86.1 cm³/mol. The van der Waals surface area contributed by atoms with E-state index in [4.69, 9.17) is 14.2 Å². The summed E-state index contributed by atoms with van der Waals surface area (Å²) in [6.45, 7) is 6.24. The molecular weight excluding hydrogens is 292 g/mol. The molecule has 120 valence electrons. The standard InChI is InChI=1S/C15H24N2O3.ClH/c1-11-9-17(6-5-16-11)10-12-7-13(18-2)15(20-4)14(8-12)19-3;/h7-8,11,16H,5-6,9-10H2,1-4H3;1H/t11-;/m1./s1. The molecule has 0 spiro atoms. The van der Waals surface area contributed by atoms with Crippen LogP contribution in [0, 0.1) is 0 Å². The van der Waals surface area contributed by atoms with Crippen LogP contribution in [0.15, 0.2) is 12.1 Å². The lowest BCUT2D eigenvalue weighted by molar-refractivity contribution is 0.199. The highest BCUT2D eigenvalue weighted by molar-refractivity contribution is 5.85. The van der Waals surface area contributed by atoms with Crippen LogP contribution in [0.25, 0.3) is 0 Å². The highest BCUT2D eigenvalue weighted by atomic mass is 35.5. The lowest BCUT2D eigenvalue weighted by Gasteiger charge is -2.32. The summed E-state index contributed by atoms with van der Waals surface area (Å²) in [5, 5.41) is 3.45. The third-order valence-electron chi connectivity index (χ3n) is 3.58. The van der Waals surface area contributed by atoms with Crippen molar-refractivity contribution < 1.29 is 14.2 Å². The molecule has 0 saturated carbocycles. The quantitative estimate of drug-likeness (QED) is 0.899. The first kappa shape index (κ1) is 17.9. The van der Waals surface area contributed by atoms with Crippen molar-refractivity contribution in [2.24, 2.45) is 0 Å². The summed E-state index contributed by atoms with van der Waals surface area (Å²) in [4.78, 5) is 2.43. The van der Waals surface area contributed by atoms with Crippen molar-refractivity contribution in [3.05, 3.63) is 17.7 Å². The molecule has 6 heteroatoms. The number of rotatable bonds is 5. The normalized spacial score (nSPS) is 18.8. The van der Waals surface area contributed by atoms with Crippen LogP contribution in [0.1, 0.15) is 12.5 Å². The van der Waals surface area contributed by atoms with E-state index in [1.165, 1.54) is 5.56 Å². The average Bonchev–Trinajstić information content (AvgIpc) is 2.46. The number of halogens is 1. The average molecular weight is 317 g/mol. The Hall–Kier alpha value is -1.17. The number of hydrogen-bond acceptors (Lipinski definition) is 5. The molecule has 1 fully saturated rings. The zero-order valence-corrected chi connectivity index (χ0v) is 14.0. The topological polar surface area (TPSA) is 43.0 Å². The smallest absolute Gasteiger partial charge is 0.203 e. The van der Waals surface area contributed by atoms with Gasteiger partial charge in [-0.15, -0.1) is 12.4 Å². The molecule has 1 saturated heterocycles. The van der Waals surface area contributed by atoms with Gasteiger partial charge in [0.15, 0.2) is 11.5 Å². The number of benzene rings is 1. The molecule has 0 aliphatic carbocycles. The predicted octanol–water partition coefficient (Wildman–Crippen LogP) is 1.93. The highest BCUT2D eigenvalue weighted by Crippen LogP contribution is 2.38. The maximum atomic E-state index is 5.39. The first-order valence-corrected chi connectivity index (χ1v) is 6.92. The Labute approximate surface area is 133 Å². The van der Waals surface area contributed by atoms with E-state index >= 15 is 0 Å². The molecule has 21 heavy (non-hydrogen) atoms. The summed E-state index contributed by atoms with van der Waals surface area (Å²) in [6.07, 6.45) is 0. The van der Waals surface area contributed by atoms with E-state index in [-0.39, 0.29) is 12.4 Å². The van der Waals surface area contributed by atoms with Crippen molar-refractivity contribution in [2.45, 2.75) is 19.5 Å². The van der Waals surface area contributed by atoms with Crippen molar-refractivity contribution >= 4 is 12.4 Å². The molecule has 1 N–H and O–H groups in total. The van der Waals surface area contributed by atoms with Crippen molar-refractivity contribution in [3.8, 4) is 17.2 Å². The van der Waals surface area contributed by atoms with Gasteiger partial charge in [0.05, 0.1) is 21.3 Å². The molecule has 1 aromatic rings. The monoisotopic (exact) mass is 316 g/mol. The highest BCUT2D eigenvalue weighted by Gasteiger charge is 2.18. The fourth-order valence-corrected chi connectivity index (χ4v) is 2.64. The molecule has 0 unspecified atom stereocenters. The Balaban J connectivity index is 0.00000220. The minimum Gasteiger partial charge on any atom is -0.493 e. The van der Waals surface area contributed by atoms with Gasteiger partial charge in [0.25, 0.3) is 0 Å². The van der Waals surface area contributed by atoms with Crippen LogP contribution in [0.5, 0.6) is 17.2 Å². The minimum absolute atomic E-state index is 0. The number of nitrogens with one attached hydrogen (secondary N) is 1. The SMILES string of the molecule is COc1cc(CN2CCN[C@H](C)C2)cc(OC)c1OC.Cl. The van der Waals surface area contributed by atoms with Crippen LogP contribution in [0.2, 0.25) is 0 Å². The lowest BCUT2D eigenvalue weighted by Crippen LogP contribution is -2.48. The van der Waals surface area contributed by atoms with Gasteiger partial charge >= 0.3 is 0 Å². The second kappa shape index (κ2) is 8.32. The summed E-state index contributed by atoms with van der Waals surface area (Å²) in [5.41, 5.74) is 1.17. The Kier molecular flexibility index (Phi) is 7.08. The Morgan fingerprint density at radius 1 is 1.14 bits per heavy atom. The summed E-state index contributed by atoms with van der Waals surface area (Å²) in [5.74, 6) is 2.07. The molecule has 1 aliphatic heterocycles. The van der Waals surface area contributed by atoms with Gasteiger partial charge in [-0.3, -0.25) is 4.90 Å². The van der Waals surface area contributed by atoms with Crippen LogP contribution in [0.4, 0.5) is 0 Å². The van der Waals surface area contributed by atoms with Crippen molar-refractivity contribution in [2.75, 3.05) is 41.0 Å². The largest absolute Gasteiger partial charge is 0.493 e. The second-order valence-corrected chi connectivity index (χ2v) is 5.12. The summed E-state index contributed by atoms with van der Waals surface area (Å²) in [6, 6.07) is 4.58. The molecule has 1 atom stereocenters. The molecule has 0 aromatic heterocycles. The number of hydrogen-bond donors (Lipinski definition) is 1. The Bertz CT molecular complexity index is 432. The van der Waals surface area contributed by atoms with Crippen LogP contribution < -0.4 is 19.5 Å². The Morgan fingerprint density at radius 3 is 2.24 bits per heavy atom. The molecule has 1 aromatic carbocycles. The van der Waals surface area contributed by atoms with Crippen LogP contribution in [-0.4, -0.2) is 51.9 Å². The molecule has 2 rings (SSSR count). The fraction of sp³-hybridized carbons (Fsp3) is 0.600. The van der Waals surface area contributed by atoms with Crippen molar-refractivity contribution in [1.82, 2.24) is 10.2 Å². The lowest BCUT2D eigenvalue weighted by atomic mass is 10.1. The van der Waals surface area contributed by atoms with E-state index in [2.05, 4.69) is 17.1 Å². The number of ether oxygens (including phenoxy) is 3. The second-order valence-electron chi connectivity index (χ2n) is 5.12. The van der Waals surface area contributed by atoms with Gasteiger partial charge in [-0.2, -0.15) is 0 Å². The van der Waals surface area contributed by atoms with Crippen LogP contribution >= 0.6 is 12.4 Å². The van der Waals surface area contributed by atoms with Gasteiger partial charge in [0.1, 0.15) is 0 Å². The van der Waals surface area contributed by atoms with Gasteiger partial charge in [0, 0.05) is 32.2 Å². The van der Waals surface area contributed by atoms with E-state index in [0.29, 0.717) is 23.3 Å². The van der Waals surface area contributed by atoms with Crippen molar-refractivity contribution in [1.29, 1.82) is 0 Å². The van der Waals surface area contributed by atoms with E-state index < -0.39 is 0 Å². The van der Waals surface area contributed by atoms with E-state index in [9.17, 15) is 0 Å². The van der Waals surface area contributed by atoms with Gasteiger partial charge in [-0.25, -0.2) is 0 Å². The summed E-state index contributed by atoms with van der Waals surface area (Å²) in [7, 11) is 4.92. The zero-order valence-electron chi connectivity index (χ0n) is 13.1. The third kappa shape index (κ3) is 4.40. The van der Waals surface area contributed by atoms with E-state index in [0.717, 1.165) is 26.2 Å². The zero-order chi connectivity index (χ0) is 14.5. The first-order chi connectivity index (χ1) is 9.67. The number of methoxy groups -OCH3 is 3. The summed E-state index contributed by atoms with van der Waals surface area (Å²) < 4.78 is 16.1. The molecule has 1 heterocycles. The maximum absolute atomic E-state index is 5.39. The van der Waals surface area contributed by atoms with Gasteiger partial charge in [-0.05, 0) is 24.6 Å². The fourth-order valence-electron chi connectivity index (χ4n) is 2.64. The molecule has 5 nitrogen and oxygen atoms in total. The Morgan fingerprint density at radius 2 is 1.76 bits per heavy atom. The van der Waals surface area contributed by atoms with Gasteiger partial charge in [-0.1, -0.05) is 0 Å². The third-order valence-corrected chi connectivity index (χ3v) is 3.58. The van der Waals surface area contributed by atoms with E-state index in [1.54, 1.807) is 21.3 Å². The van der Waals surface area contributed by atoms with Crippen LogP contribution in [0.3, 0.4) is 0 Å². The molecule has 0 radical (unpaired) electrons. The van der Waals surface area contributed by atoms with Gasteiger partial charge < -0.3 is 19.5 Å². The van der Waals surface area contributed by atoms with Crippen LogP contribution in [-0.2, 0) is 6.54 Å². The number of piperazine rings is 1. The molecule has 1 aliphatic rings.